The normalized spacial score (nSPS) is 9.88. The van der Waals surface area contributed by atoms with Crippen molar-refractivity contribution in [3.8, 4) is 5.75 Å². The van der Waals surface area contributed by atoms with Crippen molar-refractivity contribution in [1.29, 1.82) is 0 Å². The Morgan fingerprint density at radius 3 is 2.94 bits per heavy atom. The highest BCUT2D eigenvalue weighted by atomic mass is 19.1. The molecule has 88 valence electrons. The smallest absolute Gasteiger partial charge is 0.219 e. The molecule has 0 saturated carbocycles. The molecule has 1 aromatic rings. The molecule has 1 amide bonds. The van der Waals surface area contributed by atoms with E-state index in [-0.39, 0.29) is 11.6 Å². The fraction of sp³-hybridized carbons (Fsp3) is 0.364. The molecule has 0 atom stereocenters. The van der Waals surface area contributed by atoms with Crippen LogP contribution in [-0.2, 0) is 4.79 Å². The van der Waals surface area contributed by atoms with Crippen LogP contribution in [0.4, 0.5) is 10.1 Å². The van der Waals surface area contributed by atoms with Gasteiger partial charge in [0.15, 0.2) is 0 Å². The summed E-state index contributed by atoms with van der Waals surface area (Å²) in [4.78, 5) is 10.9. The van der Waals surface area contributed by atoms with Crippen molar-refractivity contribution in [2.24, 2.45) is 0 Å². The number of ether oxygens (including phenoxy) is 1. The van der Waals surface area contributed by atoms with Crippen molar-refractivity contribution in [3.63, 3.8) is 0 Å². The number of amides is 1. The SMILES string of the molecule is CNC(=O)CCCOc1ccc(F)cc1N. The maximum absolute atomic E-state index is 12.7. The minimum atomic E-state index is -0.393. The van der Waals surface area contributed by atoms with E-state index in [1.54, 1.807) is 7.05 Å². The molecule has 16 heavy (non-hydrogen) atoms. The average molecular weight is 226 g/mol. The second-order valence-electron chi connectivity index (χ2n) is 3.31. The van der Waals surface area contributed by atoms with Gasteiger partial charge in [0, 0.05) is 19.5 Å². The van der Waals surface area contributed by atoms with Gasteiger partial charge in [-0.15, -0.1) is 0 Å². The van der Waals surface area contributed by atoms with E-state index >= 15 is 0 Å². The molecule has 5 heteroatoms. The van der Waals surface area contributed by atoms with Gasteiger partial charge in [-0.2, -0.15) is 0 Å². The first-order valence-corrected chi connectivity index (χ1v) is 5.02. The molecule has 0 saturated heterocycles. The van der Waals surface area contributed by atoms with Crippen molar-refractivity contribution in [3.05, 3.63) is 24.0 Å². The first-order chi connectivity index (χ1) is 7.63. The van der Waals surface area contributed by atoms with Gasteiger partial charge in [0.25, 0.3) is 0 Å². The summed E-state index contributed by atoms with van der Waals surface area (Å²) in [6, 6.07) is 3.96. The van der Waals surface area contributed by atoms with E-state index in [4.69, 9.17) is 10.5 Å². The third-order valence-corrected chi connectivity index (χ3v) is 2.06. The molecule has 3 N–H and O–H groups in total. The fourth-order valence-electron chi connectivity index (χ4n) is 1.19. The molecule has 0 aliphatic rings. The number of carbonyl (C=O) groups excluding carboxylic acids is 1. The number of benzene rings is 1. The lowest BCUT2D eigenvalue weighted by Crippen LogP contribution is -2.18. The highest BCUT2D eigenvalue weighted by molar-refractivity contribution is 5.75. The average Bonchev–Trinajstić information content (AvgIpc) is 2.26. The monoisotopic (exact) mass is 226 g/mol. The Hall–Kier alpha value is -1.78. The molecule has 0 aliphatic carbocycles. The summed E-state index contributed by atoms with van der Waals surface area (Å²) in [5.74, 6) is 0.0178. The zero-order valence-electron chi connectivity index (χ0n) is 9.13. The van der Waals surface area contributed by atoms with Gasteiger partial charge in [0.05, 0.1) is 12.3 Å². The van der Waals surface area contributed by atoms with Crippen molar-refractivity contribution < 1.29 is 13.9 Å². The van der Waals surface area contributed by atoms with Gasteiger partial charge >= 0.3 is 0 Å². The van der Waals surface area contributed by atoms with Crippen molar-refractivity contribution in [1.82, 2.24) is 5.32 Å². The standard InChI is InChI=1S/C11H15FN2O2/c1-14-11(15)3-2-6-16-10-5-4-8(12)7-9(10)13/h4-5,7H,2-3,6,13H2,1H3,(H,14,15). The Balaban J connectivity index is 2.35. The first kappa shape index (κ1) is 12.3. The Labute approximate surface area is 93.6 Å². The van der Waals surface area contributed by atoms with Crippen LogP contribution >= 0.6 is 0 Å². The predicted octanol–water partition coefficient (Wildman–Crippen LogP) is 1.31. The second-order valence-corrected chi connectivity index (χ2v) is 3.31. The Morgan fingerprint density at radius 2 is 2.31 bits per heavy atom. The van der Waals surface area contributed by atoms with Gasteiger partial charge in [0.1, 0.15) is 11.6 Å². The lowest BCUT2D eigenvalue weighted by Gasteiger charge is -2.08. The Bertz CT molecular complexity index is 369. The maximum Gasteiger partial charge on any atom is 0.219 e. The molecule has 0 spiro atoms. The number of nitrogens with one attached hydrogen (secondary N) is 1. The topological polar surface area (TPSA) is 64.3 Å². The van der Waals surface area contributed by atoms with Gasteiger partial charge in [-0.3, -0.25) is 4.79 Å². The molecule has 0 radical (unpaired) electrons. The Morgan fingerprint density at radius 1 is 1.56 bits per heavy atom. The number of anilines is 1. The van der Waals surface area contributed by atoms with E-state index in [1.807, 2.05) is 0 Å². The zero-order valence-corrected chi connectivity index (χ0v) is 9.13. The number of nitrogens with two attached hydrogens (primary N) is 1. The van der Waals surface area contributed by atoms with Crippen LogP contribution in [0.5, 0.6) is 5.75 Å². The van der Waals surface area contributed by atoms with E-state index < -0.39 is 5.82 Å². The number of rotatable bonds is 5. The molecular weight excluding hydrogens is 211 g/mol. The van der Waals surface area contributed by atoms with Gasteiger partial charge in [-0.25, -0.2) is 4.39 Å². The summed E-state index contributed by atoms with van der Waals surface area (Å²) in [6.45, 7) is 0.378. The molecule has 0 aromatic heterocycles. The number of carbonyl (C=O) groups is 1. The fourth-order valence-corrected chi connectivity index (χ4v) is 1.19. The molecule has 4 nitrogen and oxygen atoms in total. The van der Waals surface area contributed by atoms with Crippen molar-refractivity contribution in [2.75, 3.05) is 19.4 Å². The second kappa shape index (κ2) is 5.95. The summed E-state index contributed by atoms with van der Waals surface area (Å²) in [6.07, 6.45) is 0.994. The van der Waals surface area contributed by atoms with E-state index in [2.05, 4.69) is 5.32 Å². The molecule has 0 unspecified atom stereocenters. The van der Waals surface area contributed by atoms with Crippen molar-refractivity contribution >= 4 is 11.6 Å². The van der Waals surface area contributed by atoms with Gasteiger partial charge in [0.2, 0.25) is 5.91 Å². The van der Waals surface area contributed by atoms with Gasteiger partial charge < -0.3 is 15.8 Å². The third-order valence-electron chi connectivity index (χ3n) is 2.06. The minimum absolute atomic E-state index is 0.0318. The van der Waals surface area contributed by atoms with Crippen LogP contribution in [0.3, 0.4) is 0 Å². The van der Waals surface area contributed by atoms with Crippen LogP contribution in [0.2, 0.25) is 0 Å². The van der Waals surface area contributed by atoms with Crippen molar-refractivity contribution in [2.45, 2.75) is 12.8 Å². The van der Waals surface area contributed by atoms with E-state index in [0.29, 0.717) is 25.2 Å². The number of nitrogen functional groups attached to an aromatic ring is 1. The molecular formula is C11H15FN2O2. The number of hydrogen-bond donors (Lipinski definition) is 2. The van der Waals surface area contributed by atoms with Crippen LogP contribution in [-0.4, -0.2) is 19.6 Å². The molecule has 0 heterocycles. The van der Waals surface area contributed by atoms with Crippen LogP contribution in [0.15, 0.2) is 18.2 Å². The zero-order chi connectivity index (χ0) is 12.0. The predicted molar refractivity (Wildman–Crippen MR) is 59.6 cm³/mol. The molecule has 1 aromatic carbocycles. The lowest BCUT2D eigenvalue weighted by molar-refractivity contribution is -0.120. The molecule has 0 bridgehead atoms. The number of halogens is 1. The summed E-state index contributed by atoms with van der Waals surface area (Å²) < 4.78 is 18.0. The molecule has 0 aliphatic heterocycles. The third kappa shape index (κ3) is 3.76. The summed E-state index contributed by atoms with van der Waals surface area (Å²) >= 11 is 0. The lowest BCUT2D eigenvalue weighted by atomic mass is 10.3. The quantitative estimate of drug-likeness (QED) is 0.587. The van der Waals surface area contributed by atoms with Crippen LogP contribution in [0.1, 0.15) is 12.8 Å². The van der Waals surface area contributed by atoms with E-state index in [9.17, 15) is 9.18 Å². The van der Waals surface area contributed by atoms with Gasteiger partial charge in [-0.1, -0.05) is 0 Å². The first-order valence-electron chi connectivity index (χ1n) is 5.02. The summed E-state index contributed by atoms with van der Waals surface area (Å²) in [5, 5.41) is 2.51. The van der Waals surface area contributed by atoms with Crippen LogP contribution in [0, 0.1) is 5.82 Å². The van der Waals surface area contributed by atoms with E-state index in [0.717, 1.165) is 0 Å². The number of hydrogen-bond acceptors (Lipinski definition) is 3. The van der Waals surface area contributed by atoms with Gasteiger partial charge in [-0.05, 0) is 18.6 Å². The summed E-state index contributed by atoms with van der Waals surface area (Å²) in [5.41, 5.74) is 5.81. The van der Waals surface area contributed by atoms with Crippen LogP contribution in [0.25, 0.3) is 0 Å². The Kier molecular flexibility index (Phi) is 4.57. The summed E-state index contributed by atoms with van der Waals surface area (Å²) in [7, 11) is 1.58. The largest absolute Gasteiger partial charge is 0.491 e. The molecule has 1 rings (SSSR count). The highest BCUT2D eigenvalue weighted by Crippen LogP contribution is 2.21. The molecule has 0 fully saturated rings. The van der Waals surface area contributed by atoms with Crippen LogP contribution < -0.4 is 15.8 Å². The minimum Gasteiger partial charge on any atom is -0.491 e. The highest BCUT2D eigenvalue weighted by Gasteiger charge is 2.02. The maximum atomic E-state index is 12.7. The van der Waals surface area contributed by atoms with E-state index in [1.165, 1.54) is 18.2 Å².